The maximum Gasteiger partial charge on any atom is 0.143 e. The van der Waals surface area contributed by atoms with Crippen LogP contribution in [0.4, 0.5) is 4.39 Å². The van der Waals surface area contributed by atoms with Gasteiger partial charge in [0.2, 0.25) is 0 Å². The number of aryl methyl sites for hydroxylation is 3. The summed E-state index contributed by atoms with van der Waals surface area (Å²) in [6, 6.07) is 17.8. The highest BCUT2D eigenvalue weighted by Gasteiger charge is 2.16. The third-order valence-corrected chi connectivity index (χ3v) is 5.21. The Balaban J connectivity index is 1.66. The fourth-order valence-electron chi connectivity index (χ4n) is 3.47. The predicted molar refractivity (Wildman–Crippen MR) is 106 cm³/mol. The molecule has 0 atom stereocenters. The number of fused-ring (bicyclic) bond motifs is 3. The lowest BCUT2D eigenvalue weighted by molar-refractivity contribution is 0.628. The lowest BCUT2D eigenvalue weighted by Crippen LogP contribution is -2.05. The molecule has 1 aliphatic rings. The van der Waals surface area contributed by atoms with Crippen molar-refractivity contribution in [2.75, 3.05) is 0 Å². The Morgan fingerprint density at radius 2 is 1.46 bits per heavy atom. The van der Waals surface area contributed by atoms with Gasteiger partial charge in [-0.25, -0.2) is 4.39 Å². The molecule has 26 heavy (non-hydrogen) atoms. The molecule has 2 heteroatoms. The van der Waals surface area contributed by atoms with Gasteiger partial charge in [-0.1, -0.05) is 54.6 Å². The summed E-state index contributed by atoms with van der Waals surface area (Å²) in [5.74, 6) is 5.72. The molecule has 3 aromatic carbocycles. The molecule has 0 heterocycles. The van der Waals surface area contributed by atoms with Crippen LogP contribution in [0, 0.1) is 17.7 Å². The first-order valence-corrected chi connectivity index (χ1v) is 9.24. The van der Waals surface area contributed by atoms with Crippen LogP contribution in [-0.4, -0.2) is 0 Å². The number of benzene rings is 3. The topological polar surface area (TPSA) is 0 Å². The van der Waals surface area contributed by atoms with Gasteiger partial charge in [-0.05, 0) is 77.4 Å². The molecular formula is C24H18ClF. The molecule has 0 saturated heterocycles. The second-order valence-electron chi connectivity index (χ2n) is 6.60. The van der Waals surface area contributed by atoms with Crippen molar-refractivity contribution in [2.24, 2.45) is 0 Å². The van der Waals surface area contributed by atoms with Gasteiger partial charge in [0, 0.05) is 11.1 Å². The second-order valence-corrected chi connectivity index (χ2v) is 7.00. The molecule has 0 fully saturated rings. The number of rotatable bonds is 1. The summed E-state index contributed by atoms with van der Waals surface area (Å²) < 4.78 is 13.5. The van der Waals surface area contributed by atoms with Crippen molar-refractivity contribution in [1.29, 1.82) is 0 Å². The summed E-state index contributed by atoms with van der Waals surface area (Å²) in [7, 11) is 0. The van der Waals surface area contributed by atoms with E-state index in [1.165, 1.54) is 39.9 Å². The van der Waals surface area contributed by atoms with Crippen LogP contribution >= 0.6 is 11.6 Å². The van der Waals surface area contributed by atoms with Crippen LogP contribution < -0.4 is 0 Å². The molecule has 128 valence electrons. The predicted octanol–water partition coefficient (Wildman–Crippen LogP) is 6.21. The van der Waals surface area contributed by atoms with Crippen LogP contribution in [0.1, 0.15) is 34.7 Å². The van der Waals surface area contributed by atoms with E-state index in [0.29, 0.717) is 5.56 Å². The Bertz CT molecular complexity index is 1050. The highest BCUT2D eigenvalue weighted by molar-refractivity contribution is 6.30. The minimum absolute atomic E-state index is 0.120. The zero-order valence-corrected chi connectivity index (χ0v) is 15.3. The fraction of sp³-hybridized carbons (Fsp3) is 0.167. The van der Waals surface area contributed by atoms with Crippen LogP contribution in [-0.2, 0) is 19.3 Å². The molecule has 0 aliphatic heterocycles. The molecule has 0 radical (unpaired) electrons. The van der Waals surface area contributed by atoms with Crippen molar-refractivity contribution < 1.29 is 4.39 Å². The first-order valence-electron chi connectivity index (χ1n) is 8.86. The average Bonchev–Trinajstić information content (AvgIpc) is 2.68. The van der Waals surface area contributed by atoms with Crippen LogP contribution in [0.5, 0.6) is 0 Å². The molecule has 0 aromatic heterocycles. The van der Waals surface area contributed by atoms with E-state index in [1.807, 2.05) is 6.07 Å². The van der Waals surface area contributed by atoms with Crippen LogP contribution in [0.25, 0.3) is 11.1 Å². The van der Waals surface area contributed by atoms with E-state index in [4.69, 9.17) is 11.6 Å². The third kappa shape index (κ3) is 3.26. The van der Waals surface area contributed by atoms with Gasteiger partial charge in [0.1, 0.15) is 5.82 Å². The van der Waals surface area contributed by atoms with Crippen LogP contribution in [0.3, 0.4) is 0 Å². The van der Waals surface area contributed by atoms with Gasteiger partial charge in [-0.2, -0.15) is 0 Å². The summed E-state index contributed by atoms with van der Waals surface area (Å²) in [4.78, 5) is 0. The van der Waals surface area contributed by atoms with Crippen LogP contribution in [0.2, 0.25) is 5.02 Å². The van der Waals surface area contributed by atoms with Crippen molar-refractivity contribution >= 4 is 11.6 Å². The van der Waals surface area contributed by atoms with Crippen molar-refractivity contribution in [2.45, 2.75) is 26.2 Å². The van der Waals surface area contributed by atoms with E-state index >= 15 is 0 Å². The molecule has 3 aromatic rings. The SMILES string of the molecule is CCc1ccc2c(c1)CCc1cc(C#Cc3ccc(Cl)c(F)c3)ccc1-2. The maximum atomic E-state index is 13.5. The lowest BCUT2D eigenvalue weighted by atomic mass is 9.84. The molecule has 0 nitrogen and oxygen atoms in total. The first-order chi connectivity index (χ1) is 12.6. The normalized spacial score (nSPS) is 12.0. The zero-order chi connectivity index (χ0) is 18.1. The van der Waals surface area contributed by atoms with Gasteiger partial charge in [0.15, 0.2) is 0 Å². The number of hydrogen-bond acceptors (Lipinski definition) is 0. The lowest BCUT2D eigenvalue weighted by Gasteiger charge is -2.20. The Labute approximate surface area is 158 Å². The van der Waals surface area contributed by atoms with E-state index in [0.717, 1.165) is 24.8 Å². The van der Waals surface area contributed by atoms with E-state index in [2.05, 4.69) is 49.1 Å². The van der Waals surface area contributed by atoms with E-state index in [-0.39, 0.29) is 5.02 Å². The molecule has 0 amide bonds. The van der Waals surface area contributed by atoms with Crippen molar-refractivity contribution in [3.8, 4) is 23.0 Å². The van der Waals surface area contributed by atoms with Gasteiger partial charge in [0.05, 0.1) is 5.02 Å². The zero-order valence-electron chi connectivity index (χ0n) is 14.6. The Morgan fingerprint density at radius 1 is 0.846 bits per heavy atom. The van der Waals surface area contributed by atoms with Crippen molar-refractivity contribution in [1.82, 2.24) is 0 Å². The summed E-state index contributed by atoms with van der Waals surface area (Å²) in [5.41, 5.74) is 8.38. The highest BCUT2D eigenvalue weighted by Crippen LogP contribution is 2.34. The standard InChI is InChI=1S/C24H18ClF/c1-2-16-5-10-21-19(13-16)8-9-20-14-17(6-11-22(20)21)3-4-18-7-12-23(25)24(26)15-18/h5-7,10-15H,2,8-9H2,1H3. The molecule has 0 saturated carbocycles. The van der Waals surface area contributed by atoms with Gasteiger partial charge in [-0.3, -0.25) is 0 Å². The van der Waals surface area contributed by atoms with Gasteiger partial charge in [-0.15, -0.1) is 0 Å². The molecule has 0 bridgehead atoms. The summed E-state index contributed by atoms with van der Waals surface area (Å²) in [5, 5.41) is 0.120. The van der Waals surface area contributed by atoms with Gasteiger partial charge >= 0.3 is 0 Å². The molecule has 0 unspecified atom stereocenters. The molecule has 4 rings (SSSR count). The average molecular weight is 361 g/mol. The molecule has 0 spiro atoms. The summed E-state index contributed by atoms with van der Waals surface area (Å²) in [6.07, 6.45) is 3.16. The molecular weight excluding hydrogens is 343 g/mol. The largest absolute Gasteiger partial charge is 0.205 e. The highest BCUT2D eigenvalue weighted by atomic mass is 35.5. The van der Waals surface area contributed by atoms with E-state index in [9.17, 15) is 4.39 Å². The molecule has 0 N–H and O–H groups in total. The summed E-state index contributed by atoms with van der Waals surface area (Å²) in [6.45, 7) is 2.19. The monoisotopic (exact) mass is 360 g/mol. The summed E-state index contributed by atoms with van der Waals surface area (Å²) >= 11 is 5.71. The van der Waals surface area contributed by atoms with Crippen LogP contribution in [0.15, 0.2) is 54.6 Å². The quantitative estimate of drug-likeness (QED) is 0.453. The Kier molecular flexibility index (Phi) is 4.53. The number of halogens is 2. The first kappa shape index (κ1) is 16.9. The Hall–Kier alpha value is -2.56. The Morgan fingerprint density at radius 3 is 2.15 bits per heavy atom. The smallest absolute Gasteiger partial charge is 0.143 e. The van der Waals surface area contributed by atoms with E-state index < -0.39 is 5.82 Å². The van der Waals surface area contributed by atoms with E-state index in [1.54, 1.807) is 6.07 Å². The third-order valence-electron chi connectivity index (χ3n) is 4.91. The minimum atomic E-state index is -0.438. The van der Waals surface area contributed by atoms with Crippen molar-refractivity contribution in [3.63, 3.8) is 0 Å². The maximum absolute atomic E-state index is 13.5. The second kappa shape index (κ2) is 6.98. The minimum Gasteiger partial charge on any atom is -0.205 e. The van der Waals surface area contributed by atoms with Crippen molar-refractivity contribution in [3.05, 3.63) is 93.3 Å². The molecule has 1 aliphatic carbocycles. The fourth-order valence-corrected chi connectivity index (χ4v) is 3.58. The van der Waals surface area contributed by atoms with Gasteiger partial charge < -0.3 is 0 Å². The number of hydrogen-bond donors (Lipinski definition) is 0. The van der Waals surface area contributed by atoms with Gasteiger partial charge in [0.25, 0.3) is 0 Å².